The molecule has 1 atom stereocenters. The first-order valence-corrected chi connectivity index (χ1v) is 7.36. The van der Waals surface area contributed by atoms with Gasteiger partial charge in [-0.1, -0.05) is 24.3 Å². The van der Waals surface area contributed by atoms with Crippen LogP contribution in [0.1, 0.15) is 37.8 Å². The third-order valence-electron chi connectivity index (χ3n) is 4.21. The number of hydrazine groups is 1. The third-order valence-corrected chi connectivity index (χ3v) is 4.21. The Morgan fingerprint density at radius 2 is 2.10 bits per heavy atom. The summed E-state index contributed by atoms with van der Waals surface area (Å²) in [5.41, 5.74) is 4.47. The zero-order chi connectivity index (χ0) is 15.5. The van der Waals surface area contributed by atoms with Crippen molar-refractivity contribution in [2.75, 3.05) is 19.8 Å². The first kappa shape index (κ1) is 15.9. The molecule has 0 aliphatic carbocycles. The van der Waals surface area contributed by atoms with E-state index in [4.69, 9.17) is 10.6 Å². The van der Waals surface area contributed by atoms with Gasteiger partial charge in [0.05, 0.1) is 19.1 Å². The molecular formula is C16H25N3O2. The zero-order valence-corrected chi connectivity index (χ0v) is 13.1. The molecule has 21 heavy (non-hydrogen) atoms. The van der Waals surface area contributed by atoms with Crippen LogP contribution in [0.25, 0.3) is 0 Å². The highest BCUT2D eigenvalue weighted by Crippen LogP contribution is 2.22. The number of hydrogen-bond donors (Lipinski definition) is 2. The molecule has 1 aliphatic heterocycles. The van der Waals surface area contributed by atoms with Crippen molar-refractivity contribution in [2.45, 2.75) is 38.8 Å². The minimum Gasteiger partial charge on any atom is -0.378 e. The number of carbonyl (C=O) groups excluding carboxylic acids is 1. The van der Waals surface area contributed by atoms with Crippen LogP contribution in [0.4, 0.5) is 0 Å². The molecule has 0 aromatic heterocycles. The van der Waals surface area contributed by atoms with Crippen LogP contribution < -0.4 is 11.3 Å². The topological polar surface area (TPSA) is 67.6 Å². The molecule has 116 valence electrons. The lowest BCUT2D eigenvalue weighted by molar-refractivity contribution is -0.122. The van der Waals surface area contributed by atoms with Crippen molar-refractivity contribution < 1.29 is 9.53 Å². The summed E-state index contributed by atoms with van der Waals surface area (Å²) in [6.07, 6.45) is 0. The summed E-state index contributed by atoms with van der Waals surface area (Å²) >= 11 is 0. The lowest BCUT2D eigenvalue weighted by Crippen LogP contribution is -2.52. The molecule has 1 amide bonds. The highest BCUT2D eigenvalue weighted by molar-refractivity contribution is 5.82. The van der Waals surface area contributed by atoms with Gasteiger partial charge in [-0.3, -0.25) is 15.1 Å². The summed E-state index contributed by atoms with van der Waals surface area (Å²) < 4.78 is 5.54. The van der Waals surface area contributed by atoms with E-state index < -0.39 is 0 Å². The number of nitrogens with zero attached hydrogens (tertiary/aromatic N) is 1. The minimum atomic E-state index is -0.233. The highest BCUT2D eigenvalue weighted by atomic mass is 16.5. The van der Waals surface area contributed by atoms with Crippen molar-refractivity contribution in [3.8, 4) is 0 Å². The number of hydrogen-bond acceptors (Lipinski definition) is 4. The predicted octanol–water partition coefficient (Wildman–Crippen LogP) is 1.39. The summed E-state index contributed by atoms with van der Waals surface area (Å²) in [6, 6.07) is 8.17. The van der Waals surface area contributed by atoms with Gasteiger partial charge in [-0.2, -0.15) is 0 Å². The summed E-state index contributed by atoms with van der Waals surface area (Å²) in [5, 5.41) is 0. The second-order valence-corrected chi connectivity index (χ2v) is 6.26. The highest BCUT2D eigenvalue weighted by Gasteiger charge is 2.30. The second-order valence-electron chi connectivity index (χ2n) is 6.26. The monoisotopic (exact) mass is 291 g/mol. The molecule has 0 radical (unpaired) electrons. The van der Waals surface area contributed by atoms with E-state index in [1.807, 2.05) is 19.1 Å². The van der Waals surface area contributed by atoms with Gasteiger partial charge in [-0.05, 0) is 31.9 Å². The Kier molecular flexibility index (Phi) is 4.98. The van der Waals surface area contributed by atoms with Gasteiger partial charge in [-0.15, -0.1) is 0 Å². The van der Waals surface area contributed by atoms with E-state index in [2.05, 4.69) is 36.3 Å². The lowest BCUT2D eigenvalue weighted by Gasteiger charge is -2.42. The van der Waals surface area contributed by atoms with Crippen LogP contribution in [0.3, 0.4) is 0 Å². The summed E-state index contributed by atoms with van der Waals surface area (Å²) in [7, 11) is 0. The van der Waals surface area contributed by atoms with Crippen molar-refractivity contribution in [3.05, 3.63) is 35.4 Å². The van der Waals surface area contributed by atoms with Gasteiger partial charge >= 0.3 is 0 Å². The van der Waals surface area contributed by atoms with Gasteiger partial charge in [0.2, 0.25) is 5.91 Å². The van der Waals surface area contributed by atoms with E-state index in [0.29, 0.717) is 0 Å². The molecule has 1 aliphatic rings. The zero-order valence-electron chi connectivity index (χ0n) is 13.1. The normalized spacial score (nSPS) is 20.0. The van der Waals surface area contributed by atoms with Gasteiger partial charge < -0.3 is 4.74 Å². The molecule has 0 saturated carbocycles. The minimum absolute atomic E-state index is 0.0592. The van der Waals surface area contributed by atoms with Crippen molar-refractivity contribution in [3.63, 3.8) is 0 Å². The Labute approximate surface area is 126 Å². The number of rotatable bonds is 4. The smallest absolute Gasteiger partial charge is 0.241 e. The number of nitrogens with two attached hydrogens (primary N) is 1. The van der Waals surface area contributed by atoms with Crippen LogP contribution in [0, 0.1) is 0 Å². The van der Waals surface area contributed by atoms with Gasteiger partial charge in [-0.25, -0.2) is 5.84 Å². The van der Waals surface area contributed by atoms with Crippen molar-refractivity contribution in [2.24, 2.45) is 5.84 Å². The van der Waals surface area contributed by atoms with E-state index in [9.17, 15) is 4.79 Å². The standard InChI is InChI=1S/C16H25N3O2/c1-12(15(20)18-17)14-6-4-13(5-7-14)10-19-8-9-21-11-16(19,2)3/h4-7,12H,8-11,17H2,1-3H3,(H,18,20). The summed E-state index contributed by atoms with van der Waals surface area (Å²) in [6.45, 7) is 9.65. The molecule has 3 N–H and O–H groups in total. The van der Waals surface area contributed by atoms with Gasteiger partial charge in [0, 0.05) is 18.6 Å². The quantitative estimate of drug-likeness (QED) is 0.500. The molecule has 1 saturated heterocycles. The second kappa shape index (κ2) is 6.56. The number of benzene rings is 1. The number of morpholine rings is 1. The van der Waals surface area contributed by atoms with E-state index >= 15 is 0 Å². The average molecular weight is 291 g/mol. The number of carbonyl (C=O) groups is 1. The molecule has 5 nitrogen and oxygen atoms in total. The average Bonchev–Trinajstić information content (AvgIpc) is 2.48. The predicted molar refractivity (Wildman–Crippen MR) is 82.5 cm³/mol. The molecule has 0 spiro atoms. The fraction of sp³-hybridized carbons (Fsp3) is 0.562. The van der Waals surface area contributed by atoms with Crippen molar-refractivity contribution in [1.29, 1.82) is 0 Å². The Morgan fingerprint density at radius 1 is 1.43 bits per heavy atom. The first-order valence-electron chi connectivity index (χ1n) is 7.36. The fourth-order valence-electron chi connectivity index (χ4n) is 2.59. The SMILES string of the molecule is CC(C(=O)NN)c1ccc(CN2CCOCC2(C)C)cc1. The number of ether oxygens (including phenoxy) is 1. The van der Waals surface area contributed by atoms with E-state index in [1.54, 1.807) is 0 Å². The Hall–Kier alpha value is -1.43. The lowest BCUT2D eigenvalue weighted by atomic mass is 9.98. The third kappa shape index (κ3) is 3.81. The van der Waals surface area contributed by atoms with Crippen molar-refractivity contribution in [1.82, 2.24) is 10.3 Å². The fourth-order valence-corrected chi connectivity index (χ4v) is 2.59. The molecule has 1 unspecified atom stereocenters. The number of amides is 1. The molecule has 1 aromatic carbocycles. The molecule has 1 fully saturated rings. The molecule has 2 rings (SSSR count). The molecular weight excluding hydrogens is 266 g/mol. The molecule has 5 heteroatoms. The Balaban J connectivity index is 2.04. The molecule has 1 aromatic rings. The Morgan fingerprint density at radius 3 is 2.67 bits per heavy atom. The van der Waals surface area contributed by atoms with Gasteiger partial charge in [0.1, 0.15) is 0 Å². The molecule has 0 bridgehead atoms. The van der Waals surface area contributed by atoms with Crippen LogP contribution in [0.15, 0.2) is 24.3 Å². The van der Waals surface area contributed by atoms with Crippen LogP contribution in [-0.4, -0.2) is 36.1 Å². The van der Waals surface area contributed by atoms with E-state index in [0.717, 1.165) is 31.9 Å². The number of nitrogens with one attached hydrogen (secondary N) is 1. The maximum absolute atomic E-state index is 11.5. The Bertz CT molecular complexity index is 485. The summed E-state index contributed by atoms with van der Waals surface area (Å²) in [4.78, 5) is 14.0. The van der Waals surface area contributed by atoms with Gasteiger partial charge in [0.25, 0.3) is 0 Å². The maximum Gasteiger partial charge on any atom is 0.241 e. The van der Waals surface area contributed by atoms with Crippen LogP contribution in [0.2, 0.25) is 0 Å². The van der Waals surface area contributed by atoms with E-state index in [-0.39, 0.29) is 17.4 Å². The largest absolute Gasteiger partial charge is 0.378 e. The first-order chi connectivity index (χ1) is 9.94. The maximum atomic E-state index is 11.5. The van der Waals surface area contributed by atoms with Crippen LogP contribution in [0.5, 0.6) is 0 Å². The molecule has 1 heterocycles. The van der Waals surface area contributed by atoms with Gasteiger partial charge in [0.15, 0.2) is 0 Å². The van der Waals surface area contributed by atoms with Crippen LogP contribution in [-0.2, 0) is 16.1 Å². The van der Waals surface area contributed by atoms with Crippen molar-refractivity contribution >= 4 is 5.91 Å². The summed E-state index contributed by atoms with van der Waals surface area (Å²) in [5.74, 6) is 4.77. The van der Waals surface area contributed by atoms with Crippen LogP contribution >= 0.6 is 0 Å². The van der Waals surface area contributed by atoms with E-state index in [1.165, 1.54) is 5.56 Å².